The van der Waals surface area contributed by atoms with Crippen molar-refractivity contribution in [1.82, 2.24) is 5.43 Å². The van der Waals surface area contributed by atoms with Gasteiger partial charge >= 0.3 is 5.63 Å². The highest BCUT2D eigenvalue weighted by atomic mass is 16.7. The lowest BCUT2D eigenvalue weighted by atomic mass is 9.93. The molecule has 0 fully saturated rings. The number of nitrogens with zero attached hydrogens (tertiary/aromatic N) is 1. The summed E-state index contributed by atoms with van der Waals surface area (Å²) in [5.74, 6) is 1.55. The number of hydrazone groups is 1. The molecule has 1 atom stereocenters. The molecule has 0 saturated carbocycles. The van der Waals surface area contributed by atoms with E-state index in [0.29, 0.717) is 28.5 Å². The zero-order valence-corrected chi connectivity index (χ0v) is 15.4. The Kier molecular flexibility index (Phi) is 3.58. The van der Waals surface area contributed by atoms with Gasteiger partial charge in [-0.25, -0.2) is 4.79 Å². The van der Waals surface area contributed by atoms with Crippen molar-refractivity contribution in [3.63, 3.8) is 0 Å². The van der Waals surface area contributed by atoms with Crippen molar-refractivity contribution >= 4 is 16.7 Å². The van der Waals surface area contributed by atoms with Gasteiger partial charge in [-0.05, 0) is 48.7 Å². The van der Waals surface area contributed by atoms with Crippen molar-refractivity contribution in [3.05, 3.63) is 63.0 Å². The van der Waals surface area contributed by atoms with Crippen LogP contribution in [0.5, 0.6) is 17.2 Å². The van der Waals surface area contributed by atoms with Crippen LogP contribution >= 0.6 is 0 Å². The summed E-state index contributed by atoms with van der Waals surface area (Å²) in [4.78, 5) is 11.6. The average Bonchev–Trinajstić information content (AvgIpc) is 3.29. The highest BCUT2D eigenvalue weighted by Crippen LogP contribution is 2.39. The minimum Gasteiger partial charge on any atom is -0.506 e. The number of nitrogens with one attached hydrogen (secondary N) is 1. The normalized spacial score (nSPS) is 17.6. The summed E-state index contributed by atoms with van der Waals surface area (Å²) < 4.78 is 16.1. The second-order valence-corrected chi connectivity index (χ2v) is 7.10. The highest BCUT2D eigenvalue weighted by molar-refractivity contribution is 6.09. The van der Waals surface area contributed by atoms with Crippen LogP contribution in [-0.4, -0.2) is 17.6 Å². The number of hydrogen-bond acceptors (Lipinski definition) is 7. The summed E-state index contributed by atoms with van der Waals surface area (Å²) in [7, 11) is 0. The first-order valence-electron chi connectivity index (χ1n) is 9.00. The molecule has 28 heavy (non-hydrogen) atoms. The van der Waals surface area contributed by atoms with Crippen LogP contribution in [0.3, 0.4) is 0 Å². The van der Waals surface area contributed by atoms with Crippen LogP contribution in [0, 0.1) is 13.8 Å². The minimum absolute atomic E-state index is 0.0335. The standard InChI is InChI=1S/C21H18N2O5/c1-10-5-17-20(11(2)6-18(24)28-17)21(25)19(10)14-8-13(22-23-14)12-3-4-15-16(7-12)27-9-26-15/h3-7,13,22,25H,8-9H2,1-2H3/t13-/m1/s1. The van der Waals surface area contributed by atoms with Crippen molar-refractivity contribution in [1.29, 1.82) is 0 Å². The molecule has 5 rings (SSSR count). The van der Waals surface area contributed by atoms with Gasteiger partial charge in [-0.15, -0.1) is 0 Å². The number of phenols is 1. The summed E-state index contributed by atoms with van der Waals surface area (Å²) in [6.07, 6.45) is 0.607. The number of phenolic OH excluding ortho intramolecular Hbond substituents is 1. The zero-order chi connectivity index (χ0) is 19.4. The van der Waals surface area contributed by atoms with E-state index in [2.05, 4.69) is 10.5 Å². The molecular weight excluding hydrogens is 360 g/mol. The zero-order valence-electron chi connectivity index (χ0n) is 15.4. The third-order valence-corrected chi connectivity index (χ3v) is 5.24. The largest absolute Gasteiger partial charge is 0.506 e. The number of rotatable bonds is 2. The molecule has 0 amide bonds. The first kappa shape index (κ1) is 16.7. The monoisotopic (exact) mass is 378 g/mol. The van der Waals surface area contributed by atoms with E-state index in [9.17, 15) is 9.90 Å². The summed E-state index contributed by atoms with van der Waals surface area (Å²) in [6, 6.07) is 8.94. The van der Waals surface area contributed by atoms with Crippen molar-refractivity contribution < 1.29 is 19.0 Å². The van der Waals surface area contributed by atoms with Gasteiger partial charge in [0.2, 0.25) is 6.79 Å². The van der Waals surface area contributed by atoms with Gasteiger partial charge < -0.3 is 24.4 Å². The molecule has 0 spiro atoms. The van der Waals surface area contributed by atoms with Crippen molar-refractivity contribution in [3.8, 4) is 17.2 Å². The molecule has 0 saturated heterocycles. The van der Waals surface area contributed by atoms with E-state index in [1.807, 2.05) is 25.1 Å². The molecule has 7 nitrogen and oxygen atoms in total. The fraction of sp³-hybridized carbons (Fsp3) is 0.238. The van der Waals surface area contributed by atoms with Gasteiger partial charge in [0.25, 0.3) is 0 Å². The Balaban J connectivity index is 1.52. The van der Waals surface area contributed by atoms with E-state index >= 15 is 0 Å². The number of hydrogen-bond donors (Lipinski definition) is 2. The van der Waals surface area contributed by atoms with Gasteiger partial charge in [-0.2, -0.15) is 5.10 Å². The predicted molar refractivity (Wildman–Crippen MR) is 103 cm³/mol. The number of aromatic hydroxyl groups is 1. The fourth-order valence-electron chi connectivity index (χ4n) is 3.90. The third-order valence-electron chi connectivity index (χ3n) is 5.24. The van der Waals surface area contributed by atoms with Crippen LogP contribution < -0.4 is 20.5 Å². The van der Waals surface area contributed by atoms with Crippen LogP contribution in [0.25, 0.3) is 11.0 Å². The van der Waals surface area contributed by atoms with Gasteiger partial charge in [-0.1, -0.05) is 6.07 Å². The number of fused-ring (bicyclic) bond motifs is 2. The van der Waals surface area contributed by atoms with Gasteiger partial charge in [0.1, 0.15) is 11.3 Å². The lowest BCUT2D eigenvalue weighted by Crippen LogP contribution is -2.10. The van der Waals surface area contributed by atoms with Gasteiger partial charge in [-0.3, -0.25) is 0 Å². The molecule has 3 aromatic rings. The Labute approximate surface area is 160 Å². The van der Waals surface area contributed by atoms with Crippen LogP contribution in [-0.2, 0) is 0 Å². The highest BCUT2D eigenvalue weighted by Gasteiger charge is 2.27. The second kappa shape index (κ2) is 6.02. The quantitative estimate of drug-likeness (QED) is 0.665. The second-order valence-electron chi connectivity index (χ2n) is 7.10. The van der Waals surface area contributed by atoms with E-state index in [1.54, 1.807) is 13.0 Å². The SMILES string of the molecule is Cc1cc2oc(=O)cc(C)c2c(O)c1C1=NN[C@@H](c2ccc3c(c2)OCO3)C1. The van der Waals surface area contributed by atoms with Gasteiger partial charge in [0.15, 0.2) is 11.5 Å². The molecule has 2 aliphatic heterocycles. The molecule has 1 aromatic heterocycles. The predicted octanol–water partition coefficient (Wildman–Crippen LogP) is 3.28. The minimum atomic E-state index is -0.431. The average molecular weight is 378 g/mol. The molecule has 2 N–H and O–H groups in total. The summed E-state index contributed by atoms with van der Waals surface area (Å²) in [5, 5.41) is 16.0. The van der Waals surface area contributed by atoms with Crippen LogP contribution in [0.2, 0.25) is 0 Å². The first-order valence-corrected chi connectivity index (χ1v) is 9.00. The Morgan fingerprint density at radius 2 is 1.93 bits per heavy atom. The Bertz CT molecular complexity index is 1210. The van der Waals surface area contributed by atoms with Gasteiger partial charge in [0.05, 0.1) is 17.1 Å². The van der Waals surface area contributed by atoms with Gasteiger partial charge in [0, 0.05) is 18.1 Å². The molecule has 2 aromatic carbocycles. The smallest absolute Gasteiger partial charge is 0.336 e. The first-order chi connectivity index (χ1) is 13.5. The molecule has 0 radical (unpaired) electrons. The molecule has 3 heterocycles. The fourth-order valence-corrected chi connectivity index (χ4v) is 3.90. The Morgan fingerprint density at radius 1 is 1.11 bits per heavy atom. The number of benzene rings is 2. The molecule has 2 aliphatic rings. The summed E-state index contributed by atoms with van der Waals surface area (Å²) in [6.45, 7) is 3.88. The van der Waals surface area contributed by atoms with Crippen molar-refractivity contribution in [2.24, 2.45) is 5.10 Å². The number of ether oxygens (including phenoxy) is 2. The van der Waals surface area contributed by atoms with Crippen LogP contribution in [0.15, 0.2) is 44.6 Å². The Morgan fingerprint density at radius 3 is 2.79 bits per heavy atom. The Hall–Kier alpha value is -3.48. The number of aryl methyl sites for hydroxylation is 2. The molecular formula is C21H18N2O5. The van der Waals surface area contributed by atoms with Crippen molar-refractivity contribution in [2.45, 2.75) is 26.3 Å². The lowest BCUT2D eigenvalue weighted by Gasteiger charge is -2.13. The maximum atomic E-state index is 11.6. The molecule has 0 aliphatic carbocycles. The molecule has 7 heteroatoms. The summed E-state index contributed by atoms with van der Waals surface area (Å²) in [5.41, 5.74) is 7.01. The van der Waals surface area contributed by atoms with Crippen molar-refractivity contribution in [2.75, 3.05) is 6.79 Å². The summed E-state index contributed by atoms with van der Waals surface area (Å²) >= 11 is 0. The maximum absolute atomic E-state index is 11.6. The van der Waals surface area contributed by atoms with E-state index in [0.717, 1.165) is 28.3 Å². The van der Waals surface area contributed by atoms with Crippen LogP contribution in [0.1, 0.15) is 34.7 Å². The molecule has 0 bridgehead atoms. The maximum Gasteiger partial charge on any atom is 0.336 e. The molecule has 0 unspecified atom stereocenters. The van der Waals surface area contributed by atoms with E-state index in [-0.39, 0.29) is 18.6 Å². The topological polar surface area (TPSA) is 93.3 Å². The third kappa shape index (κ3) is 2.51. The van der Waals surface area contributed by atoms with Crippen LogP contribution in [0.4, 0.5) is 0 Å². The van der Waals surface area contributed by atoms with E-state index in [1.165, 1.54) is 6.07 Å². The lowest BCUT2D eigenvalue weighted by molar-refractivity contribution is 0.174. The van der Waals surface area contributed by atoms with E-state index < -0.39 is 5.63 Å². The van der Waals surface area contributed by atoms with E-state index in [4.69, 9.17) is 13.9 Å². The molecule has 142 valence electrons.